The van der Waals surface area contributed by atoms with Crippen LogP contribution in [0.1, 0.15) is 60.8 Å². The summed E-state index contributed by atoms with van der Waals surface area (Å²) in [7, 11) is 2.11. The van der Waals surface area contributed by atoms with Crippen molar-refractivity contribution in [1.29, 1.82) is 0 Å². The molecule has 0 bridgehead atoms. The molecule has 1 nitrogen and oxygen atoms in total. The largest absolute Gasteiger partial charge is 0.306 e. The zero-order chi connectivity index (χ0) is 15.9. The Hall–Kier alpha value is -0.440. The van der Waals surface area contributed by atoms with Crippen LogP contribution in [0, 0.1) is 11.3 Å². The Kier molecular flexibility index (Phi) is 8.57. The van der Waals surface area contributed by atoms with Gasteiger partial charge >= 0.3 is 0 Å². The molecule has 0 N–H and O–H groups in total. The maximum Gasteiger partial charge on any atom is 0.245 e. The zero-order valence-electron chi connectivity index (χ0n) is 14.4. The predicted octanol–water partition coefficient (Wildman–Crippen LogP) is 5.37. The van der Waals surface area contributed by atoms with Crippen LogP contribution in [0.3, 0.4) is 0 Å². The van der Waals surface area contributed by atoms with Crippen LogP contribution in [-0.2, 0) is 0 Å². The van der Waals surface area contributed by atoms with E-state index in [1.165, 1.54) is 5.57 Å². The Labute approximate surface area is 124 Å². The first-order chi connectivity index (χ1) is 9.46. The molecule has 1 unspecified atom stereocenters. The minimum Gasteiger partial charge on any atom is -0.306 e. The highest BCUT2D eigenvalue weighted by molar-refractivity contribution is 5.29. The van der Waals surface area contributed by atoms with Gasteiger partial charge in [-0.2, -0.15) is 0 Å². The van der Waals surface area contributed by atoms with Crippen LogP contribution < -0.4 is 0 Å². The molecule has 1 atom stereocenters. The molecule has 2 rings (SSSR count). The molecule has 0 saturated carbocycles. The predicted molar refractivity (Wildman–Crippen MR) is 84.3 cm³/mol. The SMILES string of the molecule is CC.CC.CC1=C(C)C2(CCN(C)CC2)CC1C(F)F. The van der Waals surface area contributed by atoms with E-state index in [9.17, 15) is 8.78 Å². The number of halogens is 2. The van der Waals surface area contributed by atoms with Crippen molar-refractivity contribution in [3.05, 3.63) is 11.1 Å². The monoisotopic (exact) mass is 289 g/mol. The van der Waals surface area contributed by atoms with Crippen molar-refractivity contribution in [3.63, 3.8) is 0 Å². The van der Waals surface area contributed by atoms with Crippen LogP contribution in [0.25, 0.3) is 0 Å². The average molecular weight is 289 g/mol. The highest BCUT2D eigenvalue weighted by Crippen LogP contribution is 2.53. The van der Waals surface area contributed by atoms with Crippen LogP contribution in [-0.4, -0.2) is 31.5 Å². The van der Waals surface area contributed by atoms with E-state index in [1.807, 2.05) is 34.6 Å². The fourth-order valence-electron chi connectivity index (χ4n) is 3.33. The highest BCUT2D eigenvalue weighted by atomic mass is 19.3. The molecule has 0 amide bonds. The van der Waals surface area contributed by atoms with E-state index in [1.54, 1.807) is 0 Å². The molecule has 120 valence electrons. The lowest BCUT2D eigenvalue weighted by Crippen LogP contribution is -2.38. The third-order valence-corrected chi connectivity index (χ3v) is 4.80. The van der Waals surface area contributed by atoms with Crippen LogP contribution in [0.2, 0.25) is 0 Å². The summed E-state index contributed by atoms with van der Waals surface area (Å²) in [5.74, 6) is -0.483. The van der Waals surface area contributed by atoms with Gasteiger partial charge in [-0.15, -0.1) is 0 Å². The molecule has 20 heavy (non-hydrogen) atoms. The van der Waals surface area contributed by atoms with Crippen molar-refractivity contribution in [2.24, 2.45) is 11.3 Å². The van der Waals surface area contributed by atoms with E-state index in [2.05, 4.69) is 18.9 Å². The van der Waals surface area contributed by atoms with Gasteiger partial charge in [-0.05, 0) is 58.7 Å². The van der Waals surface area contributed by atoms with Crippen LogP contribution in [0.4, 0.5) is 8.78 Å². The molecule has 1 spiro atoms. The fraction of sp³-hybridized carbons (Fsp3) is 0.882. The third kappa shape index (κ3) is 4.03. The summed E-state index contributed by atoms with van der Waals surface area (Å²) < 4.78 is 25.9. The van der Waals surface area contributed by atoms with Gasteiger partial charge in [0.1, 0.15) is 0 Å². The van der Waals surface area contributed by atoms with Crippen LogP contribution >= 0.6 is 0 Å². The minimum absolute atomic E-state index is 0.0949. The summed E-state index contributed by atoms with van der Waals surface area (Å²) in [6.07, 6.45) is 0.594. The summed E-state index contributed by atoms with van der Waals surface area (Å²) in [6.45, 7) is 14.1. The highest BCUT2D eigenvalue weighted by Gasteiger charge is 2.46. The number of rotatable bonds is 1. The maximum atomic E-state index is 12.9. The van der Waals surface area contributed by atoms with Crippen LogP contribution in [0.5, 0.6) is 0 Å². The van der Waals surface area contributed by atoms with E-state index in [-0.39, 0.29) is 5.41 Å². The molecule has 1 aliphatic heterocycles. The molecule has 1 aliphatic carbocycles. The Balaban J connectivity index is 0.000000829. The first kappa shape index (κ1) is 19.6. The smallest absolute Gasteiger partial charge is 0.245 e. The Morgan fingerprint density at radius 2 is 1.50 bits per heavy atom. The van der Waals surface area contributed by atoms with Gasteiger partial charge in [0.2, 0.25) is 6.43 Å². The topological polar surface area (TPSA) is 3.24 Å². The average Bonchev–Trinajstić information content (AvgIpc) is 2.72. The molecule has 3 heteroatoms. The van der Waals surface area contributed by atoms with Crippen molar-refractivity contribution in [2.75, 3.05) is 20.1 Å². The summed E-state index contributed by atoms with van der Waals surface area (Å²) >= 11 is 0. The molecule has 0 aromatic carbocycles. The number of likely N-dealkylation sites (tertiary alicyclic amines) is 1. The number of hydrogen-bond acceptors (Lipinski definition) is 1. The molecule has 0 radical (unpaired) electrons. The standard InChI is InChI=1S/C13H21F2N.2C2H6/c1-9-10(2)13(8-11(9)12(14)15)4-6-16(3)7-5-13;2*1-2/h11-12H,4-8H2,1-3H3;2*1-2H3. The van der Waals surface area contributed by atoms with E-state index in [0.717, 1.165) is 31.5 Å². The molecule has 2 aliphatic rings. The van der Waals surface area contributed by atoms with E-state index in [4.69, 9.17) is 0 Å². The zero-order valence-corrected chi connectivity index (χ0v) is 14.4. The Morgan fingerprint density at radius 1 is 1.05 bits per heavy atom. The minimum atomic E-state index is -2.19. The second kappa shape index (κ2) is 8.76. The summed E-state index contributed by atoms with van der Waals surface area (Å²) in [4.78, 5) is 2.30. The van der Waals surface area contributed by atoms with Crippen molar-refractivity contribution in [3.8, 4) is 0 Å². The normalized spacial score (nSPS) is 25.2. The van der Waals surface area contributed by atoms with E-state index < -0.39 is 12.3 Å². The quantitative estimate of drug-likeness (QED) is 0.586. The first-order valence-electron chi connectivity index (χ1n) is 8.11. The first-order valence-corrected chi connectivity index (χ1v) is 8.11. The molecule has 0 aromatic rings. The third-order valence-electron chi connectivity index (χ3n) is 4.80. The van der Waals surface area contributed by atoms with E-state index >= 15 is 0 Å². The number of allylic oxidation sites excluding steroid dienone is 2. The summed E-state index contributed by atoms with van der Waals surface area (Å²) in [5, 5.41) is 0. The van der Waals surface area contributed by atoms with Gasteiger partial charge in [0.15, 0.2) is 0 Å². The lowest BCUT2D eigenvalue weighted by Gasteiger charge is -2.39. The van der Waals surface area contributed by atoms with Gasteiger partial charge in [0, 0.05) is 5.92 Å². The molecule has 1 heterocycles. The summed E-state index contributed by atoms with van der Waals surface area (Å²) in [6, 6.07) is 0. The lowest BCUT2D eigenvalue weighted by molar-refractivity contribution is 0.0660. The number of hydrogen-bond donors (Lipinski definition) is 0. The van der Waals surface area contributed by atoms with Crippen molar-refractivity contribution in [1.82, 2.24) is 4.90 Å². The number of alkyl halides is 2. The van der Waals surface area contributed by atoms with Gasteiger partial charge in [-0.25, -0.2) is 8.78 Å². The second-order valence-electron chi connectivity index (χ2n) is 5.54. The fourth-order valence-corrected chi connectivity index (χ4v) is 3.33. The second-order valence-corrected chi connectivity index (χ2v) is 5.54. The van der Waals surface area contributed by atoms with Gasteiger partial charge in [-0.1, -0.05) is 38.8 Å². The maximum absolute atomic E-state index is 12.9. The van der Waals surface area contributed by atoms with Crippen molar-refractivity contribution < 1.29 is 8.78 Å². The molecular weight excluding hydrogens is 256 g/mol. The molecular formula is C17H33F2N. The Bertz CT molecular complexity index is 302. The number of piperidine rings is 1. The summed E-state index contributed by atoms with van der Waals surface area (Å²) in [5.41, 5.74) is 2.31. The van der Waals surface area contributed by atoms with Gasteiger partial charge in [0.05, 0.1) is 0 Å². The van der Waals surface area contributed by atoms with Crippen LogP contribution in [0.15, 0.2) is 11.1 Å². The van der Waals surface area contributed by atoms with Gasteiger partial charge < -0.3 is 4.90 Å². The Morgan fingerprint density at radius 3 is 1.85 bits per heavy atom. The molecule has 1 saturated heterocycles. The van der Waals surface area contributed by atoms with Crippen molar-refractivity contribution in [2.45, 2.75) is 67.2 Å². The van der Waals surface area contributed by atoms with Crippen molar-refractivity contribution >= 4 is 0 Å². The van der Waals surface area contributed by atoms with E-state index in [0.29, 0.717) is 6.42 Å². The molecule has 0 aromatic heterocycles. The molecule has 1 fully saturated rings. The number of nitrogens with zero attached hydrogens (tertiary/aromatic N) is 1. The van der Waals surface area contributed by atoms with Gasteiger partial charge in [-0.3, -0.25) is 0 Å². The van der Waals surface area contributed by atoms with Gasteiger partial charge in [0.25, 0.3) is 0 Å². The lowest BCUT2D eigenvalue weighted by atomic mass is 9.73.